The van der Waals surface area contributed by atoms with Crippen LogP contribution < -0.4 is 10.6 Å². The van der Waals surface area contributed by atoms with Crippen molar-refractivity contribution in [3.63, 3.8) is 0 Å². The van der Waals surface area contributed by atoms with Gasteiger partial charge in [0.15, 0.2) is 0 Å². The van der Waals surface area contributed by atoms with Gasteiger partial charge in [-0.15, -0.1) is 0 Å². The highest BCUT2D eigenvalue weighted by Crippen LogP contribution is 2.20. The second kappa shape index (κ2) is 8.96. The van der Waals surface area contributed by atoms with E-state index in [1.54, 1.807) is 13.8 Å². The van der Waals surface area contributed by atoms with E-state index < -0.39 is 12.0 Å². The first-order valence-corrected chi connectivity index (χ1v) is 8.42. The van der Waals surface area contributed by atoms with Gasteiger partial charge in [-0.2, -0.15) is 9.36 Å². The van der Waals surface area contributed by atoms with Gasteiger partial charge in [-0.1, -0.05) is 32.5 Å². The van der Waals surface area contributed by atoms with Crippen LogP contribution in [0, 0.1) is 5.92 Å². The lowest BCUT2D eigenvalue weighted by molar-refractivity contribution is -0.140. The molecule has 0 aliphatic heterocycles. The molecule has 1 heterocycles. The number of carbonyl (C=O) groups excluding carboxylic acids is 1. The van der Waals surface area contributed by atoms with Crippen molar-refractivity contribution >= 4 is 40.3 Å². The summed E-state index contributed by atoms with van der Waals surface area (Å²) in [5, 5.41) is 15.4. The summed E-state index contributed by atoms with van der Waals surface area (Å²) in [5.41, 5.74) is 0. The second-order valence-corrected chi connectivity index (χ2v) is 6.53. The Kier molecular flexibility index (Phi) is 7.62. The van der Waals surface area contributed by atoms with Gasteiger partial charge in [0.05, 0.1) is 6.54 Å². The summed E-state index contributed by atoms with van der Waals surface area (Å²) in [7, 11) is 0. The molecule has 1 atom stereocenters. The Morgan fingerprint density at radius 3 is 2.71 bits per heavy atom. The maximum absolute atomic E-state index is 11.8. The summed E-state index contributed by atoms with van der Waals surface area (Å²) in [5.74, 6) is -0.466. The number of rotatable bonds is 9. The third kappa shape index (κ3) is 6.40. The van der Waals surface area contributed by atoms with Crippen molar-refractivity contribution in [3.05, 3.63) is 0 Å². The maximum atomic E-state index is 11.8. The zero-order chi connectivity index (χ0) is 15.8. The average Bonchev–Trinajstić information content (AvgIpc) is 2.83. The lowest BCUT2D eigenvalue weighted by Crippen LogP contribution is -2.44. The lowest BCUT2D eigenvalue weighted by Gasteiger charge is -2.17. The van der Waals surface area contributed by atoms with Gasteiger partial charge < -0.3 is 5.11 Å². The fraction of sp³-hybridized carbons (Fsp3) is 0.667. The number of carbonyl (C=O) groups is 2. The minimum Gasteiger partial charge on any atom is -0.480 e. The zero-order valence-corrected chi connectivity index (χ0v) is 13.9. The zero-order valence-electron chi connectivity index (χ0n) is 12.3. The number of amides is 1. The molecule has 0 radical (unpaired) electrons. The van der Waals surface area contributed by atoms with Crippen molar-refractivity contribution in [2.75, 3.05) is 17.6 Å². The first-order valence-electron chi connectivity index (χ1n) is 6.66. The maximum Gasteiger partial charge on any atom is 0.320 e. The highest BCUT2D eigenvalue weighted by Gasteiger charge is 2.21. The standard InChI is InChI=1S/C12H20N4O3S2/c1-4-5-20-12-15-11(21-16-12)14-8(17)6-13-9(7(2)3)10(18)19/h7,9,13H,4-6H2,1-3H3,(H,18,19)(H,14,15,16,17). The number of carboxylic acids is 1. The molecule has 0 fully saturated rings. The van der Waals surface area contributed by atoms with Crippen LogP contribution in [0.15, 0.2) is 5.16 Å². The number of anilines is 1. The summed E-state index contributed by atoms with van der Waals surface area (Å²) in [6.45, 7) is 5.56. The molecular formula is C12H20N4O3S2. The molecule has 0 saturated heterocycles. The number of hydrogen-bond donors (Lipinski definition) is 3. The fourth-order valence-electron chi connectivity index (χ4n) is 1.49. The third-order valence-corrected chi connectivity index (χ3v) is 4.30. The number of aromatic nitrogens is 2. The molecule has 21 heavy (non-hydrogen) atoms. The summed E-state index contributed by atoms with van der Waals surface area (Å²) in [4.78, 5) is 26.9. The summed E-state index contributed by atoms with van der Waals surface area (Å²) < 4.78 is 4.12. The largest absolute Gasteiger partial charge is 0.480 e. The van der Waals surface area contributed by atoms with Crippen molar-refractivity contribution in [1.82, 2.24) is 14.7 Å². The van der Waals surface area contributed by atoms with Crippen molar-refractivity contribution < 1.29 is 14.7 Å². The van der Waals surface area contributed by atoms with E-state index in [9.17, 15) is 9.59 Å². The van der Waals surface area contributed by atoms with Crippen molar-refractivity contribution in [2.24, 2.45) is 5.92 Å². The molecule has 1 rings (SSSR count). The lowest BCUT2D eigenvalue weighted by atomic mass is 10.1. The third-order valence-electron chi connectivity index (χ3n) is 2.50. The number of thioether (sulfide) groups is 1. The molecule has 0 bridgehead atoms. The molecule has 1 aromatic heterocycles. The molecular weight excluding hydrogens is 312 g/mol. The molecule has 7 nitrogen and oxygen atoms in total. The highest BCUT2D eigenvalue weighted by atomic mass is 32.2. The molecule has 1 amide bonds. The van der Waals surface area contributed by atoms with Gasteiger partial charge in [-0.05, 0) is 12.3 Å². The fourth-order valence-corrected chi connectivity index (χ4v) is 2.90. The SMILES string of the molecule is CCCSc1nsc(NC(=O)CNC(C(=O)O)C(C)C)n1. The summed E-state index contributed by atoms with van der Waals surface area (Å²) in [6.07, 6.45) is 1.03. The monoisotopic (exact) mass is 332 g/mol. The Balaban J connectivity index is 2.42. The Labute approximate surface area is 132 Å². The molecule has 9 heteroatoms. The molecule has 1 unspecified atom stereocenters. The number of nitrogens with zero attached hydrogens (tertiary/aromatic N) is 2. The van der Waals surface area contributed by atoms with Crippen molar-refractivity contribution in [1.29, 1.82) is 0 Å². The number of aliphatic carboxylic acids is 1. The van der Waals surface area contributed by atoms with E-state index >= 15 is 0 Å². The van der Waals surface area contributed by atoms with Gasteiger partial charge in [-0.3, -0.25) is 20.2 Å². The van der Waals surface area contributed by atoms with Crippen molar-refractivity contribution in [2.45, 2.75) is 38.4 Å². The number of hydrogen-bond acceptors (Lipinski definition) is 7. The van der Waals surface area contributed by atoms with E-state index in [1.165, 1.54) is 11.8 Å². The molecule has 0 spiro atoms. The van der Waals surface area contributed by atoms with Crippen LogP contribution in [0.4, 0.5) is 5.13 Å². The van der Waals surface area contributed by atoms with Gasteiger partial charge in [0.2, 0.25) is 16.2 Å². The van der Waals surface area contributed by atoms with Crippen LogP contribution in [0.1, 0.15) is 27.2 Å². The van der Waals surface area contributed by atoms with E-state index in [0.29, 0.717) is 10.3 Å². The predicted octanol–water partition coefficient (Wildman–Crippen LogP) is 1.68. The number of carboxylic acid groups (broad SMARTS) is 1. The minimum atomic E-state index is -0.966. The van der Waals surface area contributed by atoms with Gasteiger partial charge in [0.1, 0.15) is 6.04 Å². The van der Waals surface area contributed by atoms with E-state index in [0.717, 1.165) is 23.7 Å². The first kappa shape index (κ1) is 17.9. The minimum absolute atomic E-state index is 0.0772. The Hall–Kier alpha value is -1.19. The van der Waals surface area contributed by atoms with Crippen LogP contribution in [-0.4, -0.2) is 44.7 Å². The van der Waals surface area contributed by atoms with Crippen molar-refractivity contribution in [3.8, 4) is 0 Å². The van der Waals surface area contributed by atoms with Gasteiger partial charge in [0, 0.05) is 17.3 Å². The number of nitrogens with one attached hydrogen (secondary N) is 2. The first-order chi connectivity index (χ1) is 9.93. The second-order valence-electron chi connectivity index (χ2n) is 4.72. The quantitative estimate of drug-likeness (QED) is 0.591. The topological polar surface area (TPSA) is 104 Å². The van der Waals surface area contributed by atoms with Crippen LogP contribution >= 0.6 is 23.3 Å². The van der Waals surface area contributed by atoms with Gasteiger partial charge in [0.25, 0.3) is 0 Å². The Morgan fingerprint density at radius 1 is 1.43 bits per heavy atom. The van der Waals surface area contributed by atoms with Crippen LogP contribution in [0.25, 0.3) is 0 Å². The Bertz CT molecular complexity index is 479. The van der Waals surface area contributed by atoms with Crippen LogP contribution in [0.5, 0.6) is 0 Å². The van der Waals surface area contributed by atoms with E-state index in [-0.39, 0.29) is 18.4 Å². The predicted molar refractivity (Wildman–Crippen MR) is 83.8 cm³/mol. The normalized spacial score (nSPS) is 12.4. The van der Waals surface area contributed by atoms with Crippen LogP contribution in [0.3, 0.4) is 0 Å². The van der Waals surface area contributed by atoms with Gasteiger partial charge in [-0.25, -0.2) is 0 Å². The van der Waals surface area contributed by atoms with E-state index in [4.69, 9.17) is 5.11 Å². The van der Waals surface area contributed by atoms with Crippen LogP contribution in [-0.2, 0) is 9.59 Å². The molecule has 0 saturated carbocycles. The molecule has 0 aliphatic carbocycles. The Morgan fingerprint density at radius 2 is 2.14 bits per heavy atom. The highest BCUT2D eigenvalue weighted by molar-refractivity contribution is 7.99. The molecule has 3 N–H and O–H groups in total. The van der Waals surface area contributed by atoms with Gasteiger partial charge >= 0.3 is 5.97 Å². The molecule has 1 aromatic rings. The smallest absolute Gasteiger partial charge is 0.320 e. The average molecular weight is 332 g/mol. The summed E-state index contributed by atoms with van der Waals surface area (Å²) >= 11 is 2.66. The van der Waals surface area contributed by atoms with E-state index in [2.05, 4.69) is 26.9 Å². The molecule has 0 aliphatic rings. The molecule has 118 valence electrons. The van der Waals surface area contributed by atoms with Crippen LogP contribution in [0.2, 0.25) is 0 Å². The van der Waals surface area contributed by atoms with E-state index in [1.807, 2.05) is 0 Å². The molecule has 0 aromatic carbocycles. The summed E-state index contributed by atoms with van der Waals surface area (Å²) in [6, 6.07) is -0.749.